The quantitative estimate of drug-likeness (QED) is 0.792. The van der Waals surface area contributed by atoms with Crippen LogP contribution in [-0.4, -0.2) is 42.1 Å². The lowest BCUT2D eigenvalue weighted by molar-refractivity contribution is -0.150. The first kappa shape index (κ1) is 13.9. The average molecular weight is 260 g/mol. The first-order valence-electron chi connectivity index (χ1n) is 5.36. The molecule has 1 saturated heterocycles. The molecule has 0 spiro atoms. The minimum Gasteiger partial charge on any atom is -0.481 e. The molecule has 0 saturated carbocycles. The summed E-state index contributed by atoms with van der Waals surface area (Å²) in [6.07, 6.45) is 0.954. The molecular formula is C10H16N2O4S. The predicted molar refractivity (Wildman–Crippen MR) is 60.5 cm³/mol. The van der Waals surface area contributed by atoms with Crippen LogP contribution in [0.3, 0.4) is 0 Å². The maximum absolute atomic E-state index is 11.9. The van der Waals surface area contributed by atoms with Gasteiger partial charge in [-0.1, -0.05) is 0 Å². The minimum atomic E-state index is -3.71. The fourth-order valence-electron chi connectivity index (χ4n) is 1.87. The van der Waals surface area contributed by atoms with Gasteiger partial charge < -0.3 is 5.11 Å². The Morgan fingerprint density at radius 2 is 2.18 bits per heavy atom. The van der Waals surface area contributed by atoms with Crippen LogP contribution in [0.25, 0.3) is 0 Å². The molecule has 17 heavy (non-hydrogen) atoms. The van der Waals surface area contributed by atoms with Crippen molar-refractivity contribution in [3.05, 3.63) is 0 Å². The van der Waals surface area contributed by atoms with Gasteiger partial charge in [0.25, 0.3) is 0 Å². The molecule has 96 valence electrons. The summed E-state index contributed by atoms with van der Waals surface area (Å²) in [6, 6.07) is 1.68. The Morgan fingerprint density at radius 3 is 2.65 bits per heavy atom. The van der Waals surface area contributed by atoms with Crippen LogP contribution in [0.15, 0.2) is 0 Å². The van der Waals surface area contributed by atoms with Crippen molar-refractivity contribution in [2.75, 3.05) is 13.1 Å². The average Bonchev–Trinajstić information content (AvgIpc) is 2.27. The van der Waals surface area contributed by atoms with Crippen molar-refractivity contribution < 1.29 is 18.3 Å². The summed E-state index contributed by atoms with van der Waals surface area (Å²) >= 11 is 0. The molecule has 7 heteroatoms. The van der Waals surface area contributed by atoms with Crippen LogP contribution in [0.4, 0.5) is 0 Å². The standard InChI is InChI=1S/C10H16N2O4S/c1-8(6-11)17(15,16)12-5-3-4-10(2,7-12)9(13)14/h8H,3-5,7H2,1-2H3,(H,13,14). The number of hydrogen-bond donors (Lipinski definition) is 1. The topological polar surface area (TPSA) is 98.5 Å². The molecule has 1 fully saturated rings. The van der Waals surface area contributed by atoms with E-state index in [0.29, 0.717) is 12.8 Å². The van der Waals surface area contributed by atoms with Crippen molar-refractivity contribution in [1.82, 2.24) is 4.31 Å². The van der Waals surface area contributed by atoms with Gasteiger partial charge in [-0.25, -0.2) is 8.42 Å². The van der Waals surface area contributed by atoms with E-state index in [-0.39, 0.29) is 13.1 Å². The summed E-state index contributed by atoms with van der Waals surface area (Å²) in [5, 5.41) is 16.6. The zero-order chi connectivity index (χ0) is 13.3. The van der Waals surface area contributed by atoms with E-state index in [1.54, 1.807) is 6.07 Å². The van der Waals surface area contributed by atoms with Gasteiger partial charge in [0, 0.05) is 13.1 Å². The van der Waals surface area contributed by atoms with Crippen LogP contribution in [0.2, 0.25) is 0 Å². The minimum absolute atomic E-state index is 0.0588. The summed E-state index contributed by atoms with van der Waals surface area (Å²) in [5.74, 6) is -0.998. The molecular weight excluding hydrogens is 244 g/mol. The Hall–Kier alpha value is -1.13. The molecule has 0 aromatic rings. The lowest BCUT2D eigenvalue weighted by Crippen LogP contribution is -2.50. The van der Waals surface area contributed by atoms with E-state index in [4.69, 9.17) is 10.4 Å². The van der Waals surface area contributed by atoms with Crippen molar-refractivity contribution >= 4 is 16.0 Å². The zero-order valence-electron chi connectivity index (χ0n) is 9.88. The van der Waals surface area contributed by atoms with E-state index < -0.39 is 26.7 Å². The van der Waals surface area contributed by atoms with E-state index >= 15 is 0 Å². The van der Waals surface area contributed by atoms with E-state index in [1.807, 2.05) is 0 Å². The van der Waals surface area contributed by atoms with Gasteiger partial charge in [0.05, 0.1) is 11.5 Å². The number of carboxylic acid groups (broad SMARTS) is 1. The lowest BCUT2D eigenvalue weighted by Gasteiger charge is -2.37. The first-order chi connectivity index (χ1) is 7.74. The van der Waals surface area contributed by atoms with E-state index in [0.717, 1.165) is 4.31 Å². The molecule has 2 atom stereocenters. The highest BCUT2D eigenvalue weighted by Crippen LogP contribution is 2.31. The molecule has 2 unspecified atom stereocenters. The van der Waals surface area contributed by atoms with E-state index in [9.17, 15) is 13.2 Å². The molecule has 1 aliphatic heterocycles. The maximum atomic E-state index is 11.9. The third kappa shape index (κ3) is 2.58. The normalized spacial score (nSPS) is 28.3. The van der Waals surface area contributed by atoms with Gasteiger partial charge in [-0.2, -0.15) is 9.57 Å². The number of aliphatic carboxylic acids is 1. The van der Waals surface area contributed by atoms with Gasteiger partial charge in [-0.3, -0.25) is 4.79 Å². The number of rotatable bonds is 3. The van der Waals surface area contributed by atoms with Crippen LogP contribution < -0.4 is 0 Å². The highest BCUT2D eigenvalue weighted by atomic mass is 32.2. The van der Waals surface area contributed by atoms with Crippen molar-refractivity contribution in [3.63, 3.8) is 0 Å². The van der Waals surface area contributed by atoms with E-state index in [2.05, 4.69) is 0 Å². The predicted octanol–water partition coefficient (Wildman–Crippen LogP) is 0.415. The number of carbonyl (C=O) groups is 1. The molecule has 1 aliphatic rings. The highest BCUT2D eigenvalue weighted by Gasteiger charge is 2.42. The highest BCUT2D eigenvalue weighted by molar-refractivity contribution is 7.89. The Labute approximate surface area is 101 Å². The molecule has 1 N–H and O–H groups in total. The summed E-state index contributed by atoms with van der Waals surface area (Å²) < 4.78 is 25.0. The van der Waals surface area contributed by atoms with Crippen LogP contribution in [0.1, 0.15) is 26.7 Å². The Morgan fingerprint density at radius 1 is 1.59 bits per heavy atom. The second-order valence-electron chi connectivity index (χ2n) is 4.62. The van der Waals surface area contributed by atoms with Gasteiger partial charge >= 0.3 is 5.97 Å². The van der Waals surface area contributed by atoms with Crippen LogP contribution in [-0.2, 0) is 14.8 Å². The van der Waals surface area contributed by atoms with Gasteiger partial charge in [-0.05, 0) is 26.7 Å². The van der Waals surface area contributed by atoms with Crippen molar-refractivity contribution in [2.45, 2.75) is 31.9 Å². The number of piperidine rings is 1. The summed E-state index contributed by atoms with van der Waals surface area (Å²) in [5.41, 5.74) is -1.06. The van der Waals surface area contributed by atoms with Gasteiger partial charge in [-0.15, -0.1) is 0 Å². The zero-order valence-corrected chi connectivity index (χ0v) is 10.7. The smallest absolute Gasteiger partial charge is 0.310 e. The molecule has 6 nitrogen and oxygen atoms in total. The molecule has 0 amide bonds. The number of hydrogen-bond acceptors (Lipinski definition) is 4. The van der Waals surface area contributed by atoms with Crippen molar-refractivity contribution in [2.24, 2.45) is 5.41 Å². The number of sulfonamides is 1. The molecule has 0 aromatic carbocycles. The second kappa shape index (κ2) is 4.63. The number of nitrogens with zero attached hydrogens (tertiary/aromatic N) is 2. The SMILES string of the molecule is CC(C#N)S(=O)(=O)N1CCCC(C)(C(=O)O)C1. The maximum Gasteiger partial charge on any atom is 0.310 e. The number of carboxylic acids is 1. The van der Waals surface area contributed by atoms with Crippen LogP contribution >= 0.6 is 0 Å². The summed E-state index contributed by atoms with van der Waals surface area (Å²) in [6.45, 7) is 3.07. The van der Waals surface area contributed by atoms with Gasteiger partial charge in [0.1, 0.15) is 0 Å². The third-order valence-electron chi connectivity index (χ3n) is 3.17. The molecule has 1 heterocycles. The number of nitriles is 1. The van der Waals surface area contributed by atoms with Gasteiger partial charge in [0.2, 0.25) is 10.0 Å². The first-order valence-corrected chi connectivity index (χ1v) is 6.86. The van der Waals surface area contributed by atoms with Crippen molar-refractivity contribution in [1.29, 1.82) is 5.26 Å². The second-order valence-corrected chi connectivity index (χ2v) is 6.87. The largest absolute Gasteiger partial charge is 0.481 e. The molecule has 0 bridgehead atoms. The molecule has 1 rings (SSSR count). The van der Waals surface area contributed by atoms with Gasteiger partial charge in [0.15, 0.2) is 5.25 Å². The van der Waals surface area contributed by atoms with E-state index in [1.165, 1.54) is 13.8 Å². The van der Waals surface area contributed by atoms with Crippen LogP contribution in [0, 0.1) is 16.7 Å². The summed E-state index contributed by atoms with van der Waals surface area (Å²) in [4.78, 5) is 11.1. The van der Waals surface area contributed by atoms with Crippen LogP contribution in [0.5, 0.6) is 0 Å². The fourth-order valence-corrected chi connectivity index (χ4v) is 3.30. The Bertz CT molecular complexity index is 453. The molecule has 0 aromatic heterocycles. The fraction of sp³-hybridized carbons (Fsp3) is 0.800. The third-order valence-corrected chi connectivity index (χ3v) is 5.20. The lowest BCUT2D eigenvalue weighted by atomic mass is 9.83. The summed E-state index contributed by atoms with van der Waals surface area (Å²) in [7, 11) is -3.71. The Kier molecular flexibility index (Phi) is 3.79. The molecule has 0 aliphatic carbocycles. The Balaban J connectivity index is 2.96. The molecule has 0 radical (unpaired) electrons. The monoisotopic (exact) mass is 260 g/mol. The van der Waals surface area contributed by atoms with Crippen molar-refractivity contribution in [3.8, 4) is 6.07 Å².